The Morgan fingerprint density at radius 3 is 2.09 bits per heavy atom. The molecule has 3 fully saturated rings. The lowest BCUT2D eigenvalue weighted by Crippen LogP contribution is -2.12. The van der Waals surface area contributed by atoms with Gasteiger partial charge in [-0.1, -0.05) is 12.8 Å². The van der Waals surface area contributed by atoms with Gasteiger partial charge >= 0.3 is 0 Å². The van der Waals surface area contributed by atoms with Gasteiger partial charge in [-0.15, -0.1) is 0 Å². The molecule has 1 unspecified atom stereocenters. The molecule has 3 saturated carbocycles. The lowest BCUT2D eigenvalue weighted by atomic mass is 9.82. The minimum atomic E-state index is 0.0573. The van der Waals surface area contributed by atoms with E-state index in [-0.39, 0.29) is 6.10 Å². The molecule has 0 saturated heterocycles. The van der Waals surface area contributed by atoms with Crippen LogP contribution in [0.3, 0.4) is 0 Å². The standard InChI is InChI=1S/C10H16O/c11-8-5-9-3-1-2-4-10(9,6-8)7-9/h8,11H,1-7H2/t8?,9-,10+. The lowest BCUT2D eigenvalue weighted by molar-refractivity contribution is 0.153. The molecule has 1 heteroatoms. The van der Waals surface area contributed by atoms with Gasteiger partial charge in [-0.2, -0.15) is 0 Å². The number of rotatable bonds is 0. The molecule has 0 aromatic rings. The molecule has 1 nitrogen and oxygen atoms in total. The highest BCUT2D eigenvalue weighted by Gasteiger charge is 2.71. The van der Waals surface area contributed by atoms with Crippen molar-refractivity contribution in [3.8, 4) is 0 Å². The van der Waals surface area contributed by atoms with Crippen molar-refractivity contribution in [3.63, 3.8) is 0 Å². The summed E-state index contributed by atoms with van der Waals surface area (Å²) in [7, 11) is 0. The summed E-state index contributed by atoms with van der Waals surface area (Å²) in [4.78, 5) is 0. The molecule has 0 heterocycles. The summed E-state index contributed by atoms with van der Waals surface area (Å²) in [5.74, 6) is 0. The Kier molecular flexibility index (Phi) is 0.976. The van der Waals surface area contributed by atoms with Gasteiger partial charge in [-0.3, -0.25) is 0 Å². The van der Waals surface area contributed by atoms with E-state index in [9.17, 15) is 5.11 Å². The second kappa shape index (κ2) is 1.66. The van der Waals surface area contributed by atoms with Gasteiger partial charge in [0.1, 0.15) is 0 Å². The minimum Gasteiger partial charge on any atom is -0.393 e. The molecule has 3 atom stereocenters. The molecule has 0 aliphatic heterocycles. The zero-order chi connectivity index (χ0) is 7.53. The third-order valence-electron chi connectivity index (χ3n) is 4.49. The van der Waals surface area contributed by atoms with E-state index in [1.54, 1.807) is 0 Å². The predicted octanol–water partition coefficient (Wildman–Crippen LogP) is 2.09. The van der Waals surface area contributed by atoms with Crippen LogP contribution in [0.25, 0.3) is 0 Å². The highest BCUT2D eigenvalue weighted by atomic mass is 16.3. The van der Waals surface area contributed by atoms with Gasteiger partial charge in [-0.05, 0) is 42.9 Å². The van der Waals surface area contributed by atoms with Gasteiger partial charge in [0.05, 0.1) is 6.10 Å². The molecule has 11 heavy (non-hydrogen) atoms. The zero-order valence-corrected chi connectivity index (χ0v) is 6.97. The van der Waals surface area contributed by atoms with Crippen LogP contribution in [0, 0.1) is 10.8 Å². The Labute approximate surface area is 67.8 Å². The van der Waals surface area contributed by atoms with Crippen molar-refractivity contribution in [2.75, 3.05) is 0 Å². The molecule has 0 spiro atoms. The normalized spacial score (nSPS) is 60.3. The second-order valence-electron chi connectivity index (χ2n) is 5.01. The summed E-state index contributed by atoms with van der Waals surface area (Å²) < 4.78 is 0. The summed E-state index contributed by atoms with van der Waals surface area (Å²) in [6, 6.07) is 0. The lowest BCUT2D eigenvalue weighted by Gasteiger charge is -2.23. The van der Waals surface area contributed by atoms with E-state index in [0.29, 0.717) is 10.8 Å². The predicted molar refractivity (Wildman–Crippen MR) is 43.2 cm³/mol. The van der Waals surface area contributed by atoms with Crippen molar-refractivity contribution in [1.82, 2.24) is 0 Å². The topological polar surface area (TPSA) is 20.2 Å². The highest BCUT2D eigenvalue weighted by Crippen LogP contribution is 2.79. The average molecular weight is 152 g/mol. The fraction of sp³-hybridized carbons (Fsp3) is 1.00. The van der Waals surface area contributed by atoms with Gasteiger partial charge in [0.15, 0.2) is 0 Å². The van der Waals surface area contributed by atoms with Crippen molar-refractivity contribution >= 4 is 0 Å². The number of hydrogen-bond acceptors (Lipinski definition) is 1. The smallest absolute Gasteiger partial charge is 0.0551 e. The van der Waals surface area contributed by atoms with Gasteiger partial charge in [0, 0.05) is 0 Å². The van der Waals surface area contributed by atoms with E-state index in [2.05, 4.69) is 0 Å². The molecule has 0 bridgehead atoms. The summed E-state index contributed by atoms with van der Waals surface area (Å²) >= 11 is 0. The van der Waals surface area contributed by atoms with Crippen LogP contribution >= 0.6 is 0 Å². The SMILES string of the molecule is OC1C[C@]23CCCC[C@@]2(C1)C3. The molecule has 0 amide bonds. The zero-order valence-electron chi connectivity index (χ0n) is 6.97. The first-order chi connectivity index (χ1) is 5.27. The maximum absolute atomic E-state index is 9.55. The van der Waals surface area contributed by atoms with Crippen molar-refractivity contribution < 1.29 is 5.11 Å². The minimum absolute atomic E-state index is 0.0573. The fourth-order valence-electron chi connectivity index (χ4n) is 3.99. The summed E-state index contributed by atoms with van der Waals surface area (Å²) in [6.07, 6.45) is 9.47. The first-order valence-corrected chi connectivity index (χ1v) is 4.95. The van der Waals surface area contributed by atoms with Crippen LogP contribution in [-0.4, -0.2) is 11.2 Å². The monoisotopic (exact) mass is 152 g/mol. The van der Waals surface area contributed by atoms with Crippen molar-refractivity contribution in [2.45, 2.75) is 51.0 Å². The second-order valence-corrected chi connectivity index (χ2v) is 5.01. The van der Waals surface area contributed by atoms with Crippen LogP contribution in [0.1, 0.15) is 44.9 Å². The Morgan fingerprint density at radius 2 is 1.55 bits per heavy atom. The van der Waals surface area contributed by atoms with Gasteiger partial charge in [0.25, 0.3) is 0 Å². The van der Waals surface area contributed by atoms with Gasteiger partial charge < -0.3 is 5.11 Å². The Hall–Kier alpha value is -0.0400. The van der Waals surface area contributed by atoms with Gasteiger partial charge in [0.2, 0.25) is 0 Å². The molecule has 0 aromatic heterocycles. The summed E-state index contributed by atoms with van der Waals surface area (Å²) in [5.41, 5.74) is 1.31. The van der Waals surface area contributed by atoms with E-state index in [1.807, 2.05) is 0 Å². The summed E-state index contributed by atoms with van der Waals surface area (Å²) in [5, 5.41) is 9.55. The van der Waals surface area contributed by atoms with E-state index < -0.39 is 0 Å². The Morgan fingerprint density at radius 1 is 1.00 bits per heavy atom. The molecule has 3 aliphatic rings. The van der Waals surface area contributed by atoms with Crippen LogP contribution in [0.5, 0.6) is 0 Å². The molecule has 0 radical (unpaired) electrons. The van der Waals surface area contributed by atoms with Crippen LogP contribution in [0.2, 0.25) is 0 Å². The van der Waals surface area contributed by atoms with E-state index >= 15 is 0 Å². The third kappa shape index (κ3) is 0.618. The molecule has 62 valence electrons. The van der Waals surface area contributed by atoms with Crippen LogP contribution in [0.4, 0.5) is 0 Å². The summed E-state index contributed by atoms with van der Waals surface area (Å²) in [6.45, 7) is 0. The maximum Gasteiger partial charge on any atom is 0.0551 e. The molecule has 3 aliphatic carbocycles. The first kappa shape index (κ1) is 6.47. The van der Waals surface area contributed by atoms with Crippen molar-refractivity contribution in [3.05, 3.63) is 0 Å². The first-order valence-electron chi connectivity index (χ1n) is 4.95. The Bertz CT molecular complexity index is 173. The van der Waals surface area contributed by atoms with E-state index in [4.69, 9.17) is 0 Å². The third-order valence-corrected chi connectivity index (χ3v) is 4.49. The number of aliphatic hydroxyl groups excluding tert-OH is 1. The molecular weight excluding hydrogens is 136 g/mol. The fourth-order valence-corrected chi connectivity index (χ4v) is 3.99. The van der Waals surface area contributed by atoms with Crippen molar-refractivity contribution in [1.29, 1.82) is 0 Å². The molecule has 0 aromatic carbocycles. The van der Waals surface area contributed by atoms with Crippen LogP contribution < -0.4 is 0 Å². The average Bonchev–Trinajstić information content (AvgIpc) is 2.47. The highest BCUT2D eigenvalue weighted by molar-refractivity contribution is 5.21. The van der Waals surface area contributed by atoms with E-state index in [1.165, 1.54) is 32.1 Å². The van der Waals surface area contributed by atoms with E-state index in [0.717, 1.165) is 12.8 Å². The Balaban J connectivity index is 1.92. The largest absolute Gasteiger partial charge is 0.393 e. The van der Waals surface area contributed by atoms with Gasteiger partial charge in [-0.25, -0.2) is 0 Å². The number of aliphatic hydroxyl groups is 1. The van der Waals surface area contributed by atoms with Crippen LogP contribution in [0.15, 0.2) is 0 Å². The number of hydrogen-bond donors (Lipinski definition) is 1. The maximum atomic E-state index is 9.55. The van der Waals surface area contributed by atoms with Crippen molar-refractivity contribution in [2.24, 2.45) is 10.8 Å². The molecule has 3 rings (SSSR count). The van der Waals surface area contributed by atoms with Crippen LogP contribution in [-0.2, 0) is 0 Å². The quantitative estimate of drug-likeness (QED) is 0.563. The molecule has 1 N–H and O–H groups in total. The molecular formula is C10H16O.